The first-order chi connectivity index (χ1) is 11.7. The Balaban J connectivity index is 0.00000225. The Bertz CT molecular complexity index is 696. The fraction of sp³-hybridized carbons (Fsp3) is 0.381. The zero-order valence-electron chi connectivity index (χ0n) is 14.8. The second kappa shape index (κ2) is 9.59. The lowest BCUT2D eigenvalue weighted by molar-refractivity contribution is -0.121. The molecule has 0 bridgehead atoms. The molecule has 0 saturated carbocycles. The average Bonchev–Trinajstić information content (AvgIpc) is 3.12. The van der Waals surface area contributed by atoms with Crippen molar-refractivity contribution >= 4 is 18.3 Å². The van der Waals surface area contributed by atoms with E-state index in [2.05, 4.69) is 66.1 Å². The van der Waals surface area contributed by atoms with Gasteiger partial charge in [0.1, 0.15) is 0 Å². The van der Waals surface area contributed by atoms with E-state index in [1.54, 1.807) is 0 Å². The van der Waals surface area contributed by atoms with Crippen molar-refractivity contribution in [3.8, 4) is 11.1 Å². The van der Waals surface area contributed by atoms with Crippen molar-refractivity contribution in [2.24, 2.45) is 5.92 Å². The van der Waals surface area contributed by atoms with E-state index in [0.717, 1.165) is 25.1 Å². The third-order valence-electron chi connectivity index (χ3n) is 4.71. The highest BCUT2D eigenvalue weighted by Crippen LogP contribution is 2.21. The van der Waals surface area contributed by atoms with Crippen LogP contribution in [0.15, 0.2) is 48.5 Å². The first-order valence-corrected chi connectivity index (χ1v) is 8.84. The number of carbonyl (C=O) groups is 1. The van der Waals surface area contributed by atoms with Crippen molar-refractivity contribution in [1.29, 1.82) is 0 Å². The van der Waals surface area contributed by atoms with E-state index in [1.165, 1.54) is 23.1 Å². The fourth-order valence-corrected chi connectivity index (χ4v) is 3.27. The number of aryl methyl sites for hydroxylation is 1. The summed E-state index contributed by atoms with van der Waals surface area (Å²) in [5.74, 6) is 0.822. The summed E-state index contributed by atoms with van der Waals surface area (Å²) in [5, 5.41) is 6.40. The molecule has 1 saturated heterocycles. The minimum absolute atomic E-state index is 0. The maximum Gasteiger partial charge on any atom is 0.220 e. The molecule has 2 N–H and O–H groups in total. The van der Waals surface area contributed by atoms with Crippen LogP contribution < -0.4 is 10.6 Å². The van der Waals surface area contributed by atoms with Crippen LogP contribution in [0.4, 0.5) is 0 Å². The largest absolute Gasteiger partial charge is 0.352 e. The number of rotatable bonds is 6. The second-order valence-corrected chi connectivity index (χ2v) is 6.74. The number of benzene rings is 2. The highest BCUT2D eigenvalue weighted by Gasteiger charge is 2.15. The van der Waals surface area contributed by atoms with Crippen LogP contribution >= 0.6 is 12.4 Å². The number of halogens is 1. The molecule has 3 nitrogen and oxygen atoms in total. The van der Waals surface area contributed by atoms with Gasteiger partial charge in [-0.3, -0.25) is 4.79 Å². The van der Waals surface area contributed by atoms with Crippen molar-refractivity contribution in [1.82, 2.24) is 10.6 Å². The Morgan fingerprint density at radius 2 is 1.92 bits per heavy atom. The van der Waals surface area contributed by atoms with Crippen molar-refractivity contribution < 1.29 is 4.79 Å². The Labute approximate surface area is 156 Å². The van der Waals surface area contributed by atoms with Crippen molar-refractivity contribution in [2.75, 3.05) is 13.1 Å². The molecule has 2 aromatic rings. The van der Waals surface area contributed by atoms with Gasteiger partial charge >= 0.3 is 0 Å². The predicted molar refractivity (Wildman–Crippen MR) is 106 cm³/mol. The molecule has 134 valence electrons. The zero-order valence-corrected chi connectivity index (χ0v) is 15.6. The van der Waals surface area contributed by atoms with Gasteiger partial charge < -0.3 is 10.6 Å². The van der Waals surface area contributed by atoms with Gasteiger partial charge in [-0.1, -0.05) is 48.0 Å². The van der Waals surface area contributed by atoms with Gasteiger partial charge in [-0.15, -0.1) is 12.4 Å². The molecule has 1 atom stereocenters. The quantitative estimate of drug-likeness (QED) is 0.816. The van der Waals surface area contributed by atoms with Crippen LogP contribution in [0.3, 0.4) is 0 Å². The predicted octanol–water partition coefficient (Wildman–Crippen LogP) is 4.09. The van der Waals surface area contributed by atoms with Gasteiger partial charge in [-0.2, -0.15) is 0 Å². The standard InChI is InChI=1S/C21H26N2O.ClH/c1-16-4-2-6-19(12-16)20-7-3-5-18(13-20)15-23-21(24)9-8-17-10-11-22-14-17;/h2-7,12-13,17,22H,8-11,14-15H2,1H3,(H,23,24);1H. The van der Waals surface area contributed by atoms with E-state index in [4.69, 9.17) is 0 Å². The molecule has 25 heavy (non-hydrogen) atoms. The van der Waals surface area contributed by atoms with Crippen molar-refractivity contribution in [2.45, 2.75) is 32.7 Å². The SMILES string of the molecule is Cc1cccc(-c2cccc(CNC(=O)CCC3CCNC3)c2)c1.Cl. The lowest BCUT2D eigenvalue weighted by atomic mass is 10.0. The highest BCUT2D eigenvalue weighted by atomic mass is 35.5. The molecule has 1 amide bonds. The zero-order chi connectivity index (χ0) is 16.8. The molecule has 0 spiro atoms. The highest BCUT2D eigenvalue weighted by molar-refractivity contribution is 5.85. The van der Waals surface area contributed by atoms with Gasteiger partial charge in [0.05, 0.1) is 0 Å². The second-order valence-electron chi connectivity index (χ2n) is 6.74. The summed E-state index contributed by atoms with van der Waals surface area (Å²) in [5.41, 5.74) is 4.82. The molecule has 2 aromatic carbocycles. The molecule has 0 radical (unpaired) electrons. The molecule has 1 aliphatic rings. The molecule has 0 aliphatic carbocycles. The fourth-order valence-electron chi connectivity index (χ4n) is 3.27. The Morgan fingerprint density at radius 1 is 1.16 bits per heavy atom. The average molecular weight is 359 g/mol. The van der Waals surface area contributed by atoms with Crippen LogP contribution in [0.5, 0.6) is 0 Å². The summed E-state index contributed by atoms with van der Waals surface area (Å²) in [4.78, 5) is 12.0. The number of carbonyl (C=O) groups excluding carboxylic acids is 1. The number of nitrogens with one attached hydrogen (secondary N) is 2. The molecule has 0 aromatic heterocycles. The molecular weight excluding hydrogens is 332 g/mol. The van der Waals surface area contributed by atoms with E-state index < -0.39 is 0 Å². The lowest BCUT2D eigenvalue weighted by Crippen LogP contribution is -2.23. The van der Waals surface area contributed by atoms with Gasteiger partial charge in [0, 0.05) is 13.0 Å². The Kier molecular flexibility index (Phi) is 7.48. The maximum atomic E-state index is 12.0. The van der Waals surface area contributed by atoms with Crippen LogP contribution in [0, 0.1) is 12.8 Å². The van der Waals surface area contributed by atoms with Crippen LogP contribution in [0.2, 0.25) is 0 Å². The summed E-state index contributed by atoms with van der Waals surface area (Å²) in [6, 6.07) is 16.9. The Hall–Kier alpha value is -1.84. The van der Waals surface area contributed by atoms with Gasteiger partial charge in [-0.05, 0) is 61.5 Å². The smallest absolute Gasteiger partial charge is 0.220 e. The Morgan fingerprint density at radius 3 is 2.64 bits per heavy atom. The topological polar surface area (TPSA) is 41.1 Å². The molecule has 4 heteroatoms. The molecular formula is C21H27ClN2O. The minimum Gasteiger partial charge on any atom is -0.352 e. The maximum absolute atomic E-state index is 12.0. The van der Waals surface area contributed by atoms with E-state index in [-0.39, 0.29) is 18.3 Å². The molecule has 3 rings (SSSR count). The summed E-state index contributed by atoms with van der Waals surface area (Å²) < 4.78 is 0. The monoisotopic (exact) mass is 358 g/mol. The van der Waals surface area contributed by atoms with E-state index in [1.807, 2.05) is 0 Å². The first-order valence-electron chi connectivity index (χ1n) is 8.84. The van der Waals surface area contributed by atoms with Crippen molar-refractivity contribution in [3.63, 3.8) is 0 Å². The molecule has 1 fully saturated rings. The van der Waals surface area contributed by atoms with Gasteiger partial charge in [0.25, 0.3) is 0 Å². The van der Waals surface area contributed by atoms with E-state index in [9.17, 15) is 4.79 Å². The molecule has 1 heterocycles. The lowest BCUT2D eigenvalue weighted by Gasteiger charge is -2.10. The van der Waals surface area contributed by atoms with Crippen LogP contribution in [0.25, 0.3) is 11.1 Å². The van der Waals surface area contributed by atoms with Gasteiger partial charge in [0.2, 0.25) is 5.91 Å². The molecule has 1 unspecified atom stereocenters. The third-order valence-corrected chi connectivity index (χ3v) is 4.71. The van der Waals surface area contributed by atoms with Crippen LogP contribution in [-0.4, -0.2) is 19.0 Å². The van der Waals surface area contributed by atoms with Crippen LogP contribution in [-0.2, 0) is 11.3 Å². The number of amides is 1. The third kappa shape index (κ3) is 5.87. The number of hydrogen-bond acceptors (Lipinski definition) is 2. The van der Waals surface area contributed by atoms with Gasteiger partial charge in [-0.25, -0.2) is 0 Å². The minimum atomic E-state index is 0. The van der Waals surface area contributed by atoms with Gasteiger partial charge in [0.15, 0.2) is 0 Å². The summed E-state index contributed by atoms with van der Waals surface area (Å²) >= 11 is 0. The first kappa shape index (κ1) is 19.5. The number of hydrogen-bond donors (Lipinski definition) is 2. The summed E-state index contributed by atoms with van der Waals surface area (Å²) in [6.45, 7) is 4.86. The van der Waals surface area contributed by atoms with E-state index >= 15 is 0 Å². The summed E-state index contributed by atoms with van der Waals surface area (Å²) in [6.07, 6.45) is 2.82. The van der Waals surface area contributed by atoms with Crippen molar-refractivity contribution in [3.05, 3.63) is 59.7 Å². The summed E-state index contributed by atoms with van der Waals surface area (Å²) in [7, 11) is 0. The van der Waals surface area contributed by atoms with E-state index in [0.29, 0.717) is 18.9 Å². The normalized spacial score (nSPS) is 16.3. The molecule has 1 aliphatic heterocycles. The van der Waals surface area contributed by atoms with Crippen LogP contribution in [0.1, 0.15) is 30.4 Å².